The number of pyridine rings is 1. The minimum atomic E-state index is -3.73. The van der Waals surface area contributed by atoms with Crippen molar-refractivity contribution in [3.05, 3.63) is 58.3 Å². The summed E-state index contributed by atoms with van der Waals surface area (Å²) >= 11 is 11.8. The highest BCUT2D eigenvalue weighted by atomic mass is 35.5. The van der Waals surface area contributed by atoms with Gasteiger partial charge in [0.2, 0.25) is 15.9 Å². The molecule has 2 rings (SSSR count). The number of nitrogens with one attached hydrogen (secondary N) is 2. The fraction of sp³-hybridized carbons (Fsp3) is 0.143. The Morgan fingerprint density at radius 3 is 2.65 bits per heavy atom. The molecule has 0 unspecified atom stereocenters. The fourth-order valence-electron chi connectivity index (χ4n) is 1.73. The van der Waals surface area contributed by atoms with Crippen molar-refractivity contribution < 1.29 is 13.2 Å². The lowest BCUT2D eigenvalue weighted by Crippen LogP contribution is -2.33. The molecule has 0 fully saturated rings. The summed E-state index contributed by atoms with van der Waals surface area (Å²) in [5.74, 6) is -0.870. The molecule has 0 saturated heterocycles. The van der Waals surface area contributed by atoms with Crippen LogP contribution in [0.15, 0.2) is 42.7 Å². The summed E-state index contributed by atoms with van der Waals surface area (Å²) < 4.78 is 26.2. The zero-order valence-electron chi connectivity index (χ0n) is 11.8. The van der Waals surface area contributed by atoms with Crippen LogP contribution in [0.1, 0.15) is 5.56 Å². The highest BCUT2D eigenvalue weighted by molar-refractivity contribution is 7.88. The zero-order chi connectivity index (χ0) is 16.9. The van der Waals surface area contributed by atoms with Crippen LogP contribution in [-0.4, -0.2) is 25.9 Å². The van der Waals surface area contributed by atoms with Crippen LogP contribution in [0.4, 0.5) is 5.69 Å². The molecule has 1 aromatic heterocycles. The van der Waals surface area contributed by atoms with E-state index in [0.717, 1.165) is 0 Å². The Balaban J connectivity index is 1.94. The third-order valence-corrected chi connectivity index (χ3v) is 4.91. The topological polar surface area (TPSA) is 88.2 Å². The molecule has 1 heterocycles. The maximum absolute atomic E-state index is 12.0. The predicted octanol–water partition coefficient (Wildman–Crippen LogP) is 2.45. The van der Waals surface area contributed by atoms with E-state index < -0.39 is 22.5 Å². The molecule has 1 aromatic carbocycles. The van der Waals surface area contributed by atoms with Crippen LogP contribution >= 0.6 is 23.2 Å². The van der Waals surface area contributed by atoms with Crippen molar-refractivity contribution in [3.63, 3.8) is 0 Å². The van der Waals surface area contributed by atoms with Gasteiger partial charge in [-0.15, -0.1) is 0 Å². The van der Waals surface area contributed by atoms with Gasteiger partial charge in [0.25, 0.3) is 0 Å². The summed E-state index contributed by atoms with van der Waals surface area (Å²) in [6, 6.07) is 8.03. The summed E-state index contributed by atoms with van der Waals surface area (Å²) in [6.45, 7) is -0.393. The molecule has 0 atom stereocenters. The number of anilines is 1. The van der Waals surface area contributed by atoms with Crippen molar-refractivity contribution in [2.24, 2.45) is 0 Å². The second-order valence-corrected chi connectivity index (χ2v) is 7.18. The first-order valence-electron chi connectivity index (χ1n) is 6.47. The average molecular weight is 374 g/mol. The number of nitrogens with zero attached hydrogens (tertiary/aromatic N) is 1. The maximum atomic E-state index is 12.0. The normalized spacial score (nSPS) is 11.2. The van der Waals surface area contributed by atoms with Crippen LogP contribution in [0.5, 0.6) is 0 Å². The van der Waals surface area contributed by atoms with E-state index in [1.165, 1.54) is 6.20 Å². The largest absolute Gasteiger partial charge is 0.324 e. The molecule has 0 saturated carbocycles. The standard InChI is InChI=1S/C14H13Cl2N3O3S/c15-12-5-1-3-10(14(12)16)9-23(21,22)18-8-13(20)19-11-4-2-6-17-7-11/h1-7,18H,8-9H2,(H,19,20). The zero-order valence-corrected chi connectivity index (χ0v) is 14.1. The Morgan fingerprint density at radius 1 is 1.17 bits per heavy atom. The highest BCUT2D eigenvalue weighted by Crippen LogP contribution is 2.26. The van der Waals surface area contributed by atoms with Gasteiger partial charge in [0.05, 0.1) is 34.2 Å². The molecule has 0 aliphatic carbocycles. The molecule has 0 spiro atoms. The molecular formula is C14H13Cl2N3O3S. The second-order valence-electron chi connectivity index (χ2n) is 4.58. The summed E-state index contributed by atoms with van der Waals surface area (Å²) in [5, 5.41) is 2.98. The van der Waals surface area contributed by atoms with Gasteiger partial charge in [-0.1, -0.05) is 35.3 Å². The van der Waals surface area contributed by atoms with Crippen LogP contribution in [-0.2, 0) is 20.6 Å². The molecule has 2 aromatic rings. The summed E-state index contributed by atoms with van der Waals surface area (Å²) in [4.78, 5) is 15.6. The van der Waals surface area contributed by atoms with E-state index in [0.29, 0.717) is 11.3 Å². The SMILES string of the molecule is O=C(CNS(=O)(=O)Cc1cccc(Cl)c1Cl)Nc1cccnc1. The number of halogens is 2. The Kier molecular flexibility index (Phi) is 5.95. The van der Waals surface area contributed by atoms with Gasteiger partial charge in [-0.25, -0.2) is 13.1 Å². The monoisotopic (exact) mass is 373 g/mol. The van der Waals surface area contributed by atoms with Crippen LogP contribution in [0.25, 0.3) is 0 Å². The van der Waals surface area contributed by atoms with E-state index in [1.54, 1.807) is 36.5 Å². The molecule has 9 heteroatoms. The molecule has 0 bridgehead atoms. The molecule has 0 aliphatic heterocycles. The van der Waals surface area contributed by atoms with Gasteiger partial charge in [-0.3, -0.25) is 9.78 Å². The molecule has 1 amide bonds. The van der Waals surface area contributed by atoms with Gasteiger partial charge in [0.1, 0.15) is 0 Å². The van der Waals surface area contributed by atoms with Crippen molar-refractivity contribution in [2.45, 2.75) is 5.75 Å². The number of benzene rings is 1. The lowest BCUT2D eigenvalue weighted by atomic mass is 10.2. The Morgan fingerprint density at radius 2 is 1.96 bits per heavy atom. The molecular weight excluding hydrogens is 361 g/mol. The van der Waals surface area contributed by atoms with E-state index in [-0.39, 0.29) is 15.8 Å². The van der Waals surface area contributed by atoms with Gasteiger partial charge >= 0.3 is 0 Å². The smallest absolute Gasteiger partial charge is 0.239 e. The van der Waals surface area contributed by atoms with Crippen molar-refractivity contribution >= 4 is 44.8 Å². The van der Waals surface area contributed by atoms with Crippen molar-refractivity contribution in [1.29, 1.82) is 0 Å². The minimum absolute atomic E-state index is 0.180. The number of hydrogen-bond acceptors (Lipinski definition) is 4. The van der Waals surface area contributed by atoms with Crippen molar-refractivity contribution in [2.75, 3.05) is 11.9 Å². The quantitative estimate of drug-likeness (QED) is 0.813. The Hall–Kier alpha value is -1.67. The number of rotatable bonds is 6. The summed E-state index contributed by atoms with van der Waals surface area (Å²) in [5.41, 5.74) is 0.842. The number of aromatic nitrogens is 1. The number of sulfonamides is 1. The van der Waals surface area contributed by atoms with Gasteiger partial charge < -0.3 is 5.32 Å². The molecule has 23 heavy (non-hydrogen) atoms. The van der Waals surface area contributed by atoms with E-state index in [9.17, 15) is 13.2 Å². The average Bonchev–Trinajstić information content (AvgIpc) is 2.51. The fourth-order valence-corrected chi connectivity index (χ4v) is 3.30. The predicted molar refractivity (Wildman–Crippen MR) is 90.0 cm³/mol. The van der Waals surface area contributed by atoms with Crippen molar-refractivity contribution in [3.8, 4) is 0 Å². The van der Waals surface area contributed by atoms with Crippen LogP contribution < -0.4 is 10.0 Å². The third kappa shape index (κ3) is 5.47. The second kappa shape index (κ2) is 7.74. The van der Waals surface area contributed by atoms with Gasteiger partial charge in [0.15, 0.2) is 0 Å². The first kappa shape index (κ1) is 17.7. The first-order valence-corrected chi connectivity index (χ1v) is 8.88. The number of amides is 1. The lowest BCUT2D eigenvalue weighted by molar-refractivity contribution is -0.115. The summed E-state index contributed by atoms with van der Waals surface area (Å²) in [6.07, 6.45) is 3.02. The van der Waals surface area contributed by atoms with E-state index >= 15 is 0 Å². The molecule has 0 radical (unpaired) electrons. The minimum Gasteiger partial charge on any atom is -0.324 e. The van der Waals surface area contributed by atoms with E-state index in [2.05, 4.69) is 15.0 Å². The van der Waals surface area contributed by atoms with Crippen LogP contribution in [0.2, 0.25) is 10.0 Å². The Labute approximate surface area is 143 Å². The highest BCUT2D eigenvalue weighted by Gasteiger charge is 2.16. The lowest BCUT2D eigenvalue weighted by Gasteiger charge is -2.09. The number of carbonyl (C=O) groups is 1. The van der Waals surface area contributed by atoms with E-state index in [4.69, 9.17) is 23.2 Å². The summed E-state index contributed by atoms with van der Waals surface area (Å²) in [7, 11) is -3.73. The van der Waals surface area contributed by atoms with Gasteiger partial charge in [-0.2, -0.15) is 0 Å². The maximum Gasteiger partial charge on any atom is 0.239 e. The van der Waals surface area contributed by atoms with E-state index in [1.807, 2.05) is 0 Å². The van der Waals surface area contributed by atoms with Gasteiger partial charge in [0, 0.05) is 6.20 Å². The number of hydrogen-bond donors (Lipinski definition) is 2. The molecule has 6 nitrogen and oxygen atoms in total. The molecule has 122 valence electrons. The third-order valence-electron chi connectivity index (χ3n) is 2.78. The van der Waals surface area contributed by atoms with Gasteiger partial charge in [-0.05, 0) is 23.8 Å². The first-order chi connectivity index (χ1) is 10.9. The van der Waals surface area contributed by atoms with Crippen molar-refractivity contribution in [1.82, 2.24) is 9.71 Å². The molecule has 2 N–H and O–H groups in total. The molecule has 0 aliphatic rings. The van der Waals surface area contributed by atoms with Crippen LogP contribution in [0.3, 0.4) is 0 Å². The van der Waals surface area contributed by atoms with Crippen LogP contribution in [0, 0.1) is 0 Å². The Bertz CT molecular complexity index is 798. The number of carbonyl (C=O) groups excluding carboxylic acids is 1.